The minimum atomic E-state index is -0.468. The van der Waals surface area contributed by atoms with Gasteiger partial charge in [-0.1, -0.05) is 22.0 Å². The summed E-state index contributed by atoms with van der Waals surface area (Å²) in [4.78, 5) is 11.7. The zero-order valence-electron chi connectivity index (χ0n) is 8.90. The van der Waals surface area contributed by atoms with Gasteiger partial charge >= 0.3 is 0 Å². The van der Waals surface area contributed by atoms with Crippen molar-refractivity contribution in [2.24, 2.45) is 0 Å². The molecular weight excluding hydrogens is 274 g/mol. The maximum atomic E-state index is 11.7. The average Bonchev–Trinajstić information content (AvgIpc) is 2.17. The second kappa shape index (κ2) is 5.75. The van der Waals surface area contributed by atoms with Crippen LogP contribution in [0.3, 0.4) is 0 Å². The van der Waals surface area contributed by atoms with Crippen LogP contribution in [0.25, 0.3) is 0 Å². The van der Waals surface area contributed by atoms with Crippen molar-refractivity contribution in [2.75, 3.05) is 5.33 Å². The van der Waals surface area contributed by atoms with Crippen molar-refractivity contribution < 1.29 is 15.0 Å². The highest BCUT2D eigenvalue weighted by atomic mass is 79.9. The smallest absolute Gasteiger partial charge is 0.259 e. The molecule has 1 aromatic rings. The van der Waals surface area contributed by atoms with Gasteiger partial charge in [-0.25, -0.2) is 0 Å². The number of halogens is 1. The number of phenols is 2. The minimum Gasteiger partial charge on any atom is -0.507 e. The highest BCUT2D eigenvalue weighted by Gasteiger charge is 2.17. The summed E-state index contributed by atoms with van der Waals surface area (Å²) in [7, 11) is 0. The number of carbonyl (C=O) groups excluding carboxylic acids is 1. The fourth-order valence-electron chi connectivity index (χ4n) is 1.29. The van der Waals surface area contributed by atoms with Gasteiger partial charge in [0.2, 0.25) is 0 Å². The van der Waals surface area contributed by atoms with Crippen molar-refractivity contribution in [2.45, 2.75) is 19.4 Å². The molecule has 0 fully saturated rings. The van der Waals surface area contributed by atoms with Gasteiger partial charge in [0.1, 0.15) is 17.1 Å². The molecule has 0 aliphatic rings. The summed E-state index contributed by atoms with van der Waals surface area (Å²) in [6.07, 6.45) is 0.778. The zero-order chi connectivity index (χ0) is 12.1. The Morgan fingerprint density at radius 1 is 1.44 bits per heavy atom. The largest absolute Gasteiger partial charge is 0.507 e. The highest BCUT2D eigenvalue weighted by molar-refractivity contribution is 9.09. The van der Waals surface area contributed by atoms with Gasteiger partial charge in [-0.2, -0.15) is 0 Å². The summed E-state index contributed by atoms with van der Waals surface area (Å²) in [5.41, 5.74) is -0.0797. The van der Waals surface area contributed by atoms with Crippen molar-refractivity contribution in [1.29, 1.82) is 0 Å². The molecule has 0 bridgehead atoms. The van der Waals surface area contributed by atoms with Crippen LogP contribution < -0.4 is 5.32 Å². The SMILES string of the molecule is CC(CCBr)NC(=O)c1c(O)cccc1O. The summed E-state index contributed by atoms with van der Waals surface area (Å²) < 4.78 is 0. The van der Waals surface area contributed by atoms with Crippen molar-refractivity contribution in [3.05, 3.63) is 23.8 Å². The summed E-state index contributed by atoms with van der Waals surface area (Å²) in [5.74, 6) is -0.906. The first-order valence-electron chi connectivity index (χ1n) is 4.94. The molecule has 1 amide bonds. The van der Waals surface area contributed by atoms with Gasteiger partial charge in [0.05, 0.1) is 0 Å². The monoisotopic (exact) mass is 287 g/mol. The number of nitrogens with one attached hydrogen (secondary N) is 1. The van der Waals surface area contributed by atoms with Crippen LogP contribution in [-0.2, 0) is 0 Å². The van der Waals surface area contributed by atoms with Crippen molar-refractivity contribution >= 4 is 21.8 Å². The van der Waals surface area contributed by atoms with Crippen LogP contribution in [0.15, 0.2) is 18.2 Å². The van der Waals surface area contributed by atoms with Crippen LogP contribution in [0.4, 0.5) is 0 Å². The maximum absolute atomic E-state index is 11.7. The van der Waals surface area contributed by atoms with Gasteiger partial charge in [-0.15, -0.1) is 0 Å². The van der Waals surface area contributed by atoms with Gasteiger partial charge < -0.3 is 15.5 Å². The molecule has 4 nitrogen and oxygen atoms in total. The summed E-state index contributed by atoms with van der Waals surface area (Å²) in [5, 5.41) is 22.4. The predicted molar refractivity (Wildman–Crippen MR) is 65.1 cm³/mol. The van der Waals surface area contributed by atoms with E-state index in [9.17, 15) is 15.0 Å². The fourth-order valence-corrected chi connectivity index (χ4v) is 1.98. The Kier molecular flexibility index (Phi) is 4.61. The summed E-state index contributed by atoms with van der Waals surface area (Å²) >= 11 is 3.28. The van der Waals surface area contributed by atoms with Crippen LogP contribution >= 0.6 is 15.9 Å². The number of hydrogen-bond acceptors (Lipinski definition) is 3. The van der Waals surface area contributed by atoms with Gasteiger partial charge in [-0.3, -0.25) is 4.79 Å². The van der Waals surface area contributed by atoms with E-state index in [2.05, 4.69) is 21.2 Å². The minimum absolute atomic E-state index is 0.0223. The third-order valence-corrected chi connectivity index (χ3v) is 2.62. The number of rotatable bonds is 4. The van der Waals surface area contributed by atoms with Crippen molar-refractivity contribution in [3.63, 3.8) is 0 Å². The predicted octanol–water partition coefficient (Wildman–Crippen LogP) is 2.00. The van der Waals surface area contributed by atoms with Crippen molar-refractivity contribution in [1.82, 2.24) is 5.32 Å². The second-order valence-electron chi connectivity index (χ2n) is 3.52. The van der Waals surface area contributed by atoms with Gasteiger partial charge in [0, 0.05) is 11.4 Å². The van der Waals surface area contributed by atoms with Gasteiger partial charge in [0.15, 0.2) is 0 Å². The molecule has 1 unspecified atom stereocenters. The normalized spacial score (nSPS) is 12.1. The van der Waals surface area contributed by atoms with Crippen LogP contribution in [0.5, 0.6) is 11.5 Å². The Bertz CT molecular complexity index is 361. The third kappa shape index (κ3) is 3.13. The lowest BCUT2D eigenvalue weighted by Gasteiger charge is -2.13. The topological polar surface area (TPSA) is 69.6 Å². The molecule has 0 saturated carbocycles. The third-order valence-electron chi connectivity index (χ3n) is 2.17. The van der Waals surface area contributed by atoms with E-state index >= 15 is 0 Å². The molecule has 0 aliphatic heterocycles. The molecule has 3 N–H and O–H groups in total. The molecule has 16 heavy (non-hydrogen) atoms. The molecule has 0 saturated heterocycles. The lowest BCUT2D eigenvalue weighted by Crippen LogP contribution is -2.32. The van der Waals surface area contributed by atoms with Crippen LogP contribution in [0, 0.1) is 0 Å². The Labute approximate surface area is 102 Å². The van der Waals surface area contributed by atoms with E-state index in [-0.39, 0.29) is 23.1 Å². The Hall–Kier alpha value is -1.23. The Balaban J connectivity index is 2.80. The molecule has 0 heterocycles. The van der Waals surface area contributed by atoms with E-state index in [4.69, 9.17) is 0 Å². The summed E-state index contributed by atoms with van der Waals surface area (Å²) in [6.45, 7) is 1.86. The lowest BCUT2D eigenvalue weighted by atomic mass is 10.1. The molecule has 0 aromatic heterocycles. The zero-order valence-corrected chi connectivity index (χ0v) is 10.5. The Morgan fingerprint density at radius 3 is 2.50 bits per heavy atom. The average molecular weight is 288 g/mol. The number of amides is 1. The van der Waals surface area contributed by atoms with E-state index in [1.54, 1.807) is 0 Å². The van der Waals surface area contributed by atoms with Crippen molar-refractivity contribution in [3.8, 4) is 11.5 Å². The highest BCUT2D eigenvalue weighted by Crippen LogP contribution is 2.25. The van der Waals surface area contributed by atoms with E-state index in [1.807, 2.05) is 6.92 Å². The number of carbonyl (C=O) groups is 1. The van der Waals surface area contributed by atoms with E-state index in [0.29, 0.717) is 0 Å². The number of hydrogen-bond donors (Lipinski definition) is 3. The standard InChI is InChI=1S/C11H14BrNO3/c1-7(5-6-12)13-11(16)10-8(14)3-2-4-9(10)15/h2-4,7,14-15H,5-6H2,1H3,(H,13,16). The van der Waals surface area contributed by atoms with E-state index in [1.165, 1.54) is 18.2 Å². The molecule has 0 aliphatic carbocycles. The molecule has 0 radical (unpaired) electrons. The van der Waals surface area contributed by atoms with Gasteiger partial charge in [0.25, 0.3) is 5.91 Å². The maximum Gasteiger partial charge on any atom is 0.259 e. The van der Waals surface area contributed by atoms with E-state index < -0.39 is 5.91 Å². The fraction of sp³-hybridized carbons (Fsp3) is 0.364. The molecule has 1 rings (SSSR count). The number of alkyl halides is 1. The molecule has 0 spiro atoms. The lowest BCUT2D eigenvalue weighted by molar-refractivity contribution is 0.0934. The summed E-state index contributed by atoms with van der Waals surface area (Å²) in [6, 6.07) is 4.18. The molecule has 1 aromatic carbocycles. The molecule has 88 valence electrons. The van der Waals surface area contributed by atoms with E-state index in [0.717, 1.165) is 11.8 Å². The first kappa shape index (κ1) is 12.8. The number of benzene rings is 1. The van der Waals surface area contributed by atoms with Gasteiger partial charge in [-0.05, 0) is 25.5 Å². The number of aromatic hydroxyl groups is 2. The van der Waals surface area contributed by atoms with Crippen LogP contribution in [-0.4, -0.2) is 27.5 Å². The second-order valence-corrected chi connectivity index (χ2v) is 4.32. The number of phenolic OH excluding ortho intramolecular Hbond substituents is 2. The first-order chi connectivity index (χ1) is 7.56. The Morgan fingerprint density at radius 2 is 2.00 bits per heavy atom. The molecule has 5 heteroatoms. The molecule has 1 atom stereocenters. The quantitative estimate of drug-likeness (QED) is 0.742. The van der Waals surface area contributed by atoms with Crippen LogP contribution in [0.1, 0.15) is 23.7 Å². The molecular formula is C11H14BrNO3. The van der Waals surface area contributed by atoms with Crippen LogP contribution in [0.2, 0.25) is 0 Å². The first-order valence-corrected chi connectivity index (χ1v) is 6.06.